The van der Waals surface area contributed by atoms with Crippen molar-refractivity contribution in [3.05, 3.63) is 59.4 Å². The lowest BCUT2D eigenvalue weighted by atomic mass is 10.1. The number of ether oxygens (including phenoxy) is 1. The standard InChI is InChI=1S/C24H29N3O2/c1-17-11-12-18(2)23(16-17)29-15-7-14-27-21-9-5-4-8-20(21)25-24(27)22-10-6-13-26(22)19(3)28/h4-5,8-9,11-12,16,22H,6-7,10,13-15H2,1-3H3. The molecule has 0 bridgehead atoms. The molecule has 0 radical (unpaired) electrons. The molecule has 1 atom stereocenters. The van der Waals surface area contributed by atoms with Gasteiger partial charge in [-0.05, 0) is 62.4 Å². The first-order valence-corrected chi connectivity index (χ1v) is 10.5. The van der Waals surface area contributed by atoms with E-state index in [9.17, 15) is 4.79 Å². The monoisotopic (exact) mass is 391 g/mol. The fraction of sp³-hybridized carbons (Fsp3) is 0.417. The van der Waals surface area contributed by atoms with E-state index < -0.39 is 0 Å². The second-order valence-electron chi connectivity index (χ2n) is 7.95. The van der Waals surface area contributed by atoms with Crippen LogP contribution in [0.4, 0.5) is 0 Å². The van der Waals surface area contributed by atoms with E-state index in [0.29, 0.717) is 6.61 Å². The molecule has 0 aliphatic carbocycles. The number of aromatic nitrogens is 2. The highest BCUT2D eigenvalue weighted by Crippen LogP contribution is 2.33. The number of rotatable bonds is 6. The average Bonchev–Trinajstić information content (AvgIpc) is 3.32. The number of imidazole rings is 1. The van der Waals surface area contributed by atoms with Gasteiger partial charge in [-0.25, -0.2) is 4.98 Å². The lowest BCUT2D eigenvalue weighted by molar-refractivity contribution is -0.129. The highest BCUT2D eigenvalue weighted by molar-refractivity contribution is 5.77. The van der Waals surface area contributed by atoms with E-state index in [2.05, 4.69) is 48.7 Å². The molecule has 1 aliphatic rings. The maximum absolute atomic E-state index is 12.1. The molecular formula is C24H29N3O2. The summed E-state index contributed by atoms with van der Waals surface area (Å²) in [6, 6.07) is 14.6. The third kappa shape index (κ3) is 4.00. The number of amides is 1. The predicted molar refractivity (Wildman–Crippen MR) is 115 cm³/mol. The van der Waals surface area contributed by atoms with Gasteiger partial charge in [0.05, 0.1) is 23.7 Å². The summed E-state index contributed by atoms with van der Waals surface area (Å²) in [5.74, 6) is 2.09. The molecule has 4 rings (SSSR count). The number of likely N-dealkylation sites (tertiary alicyclic amines) is 1. The second-order valence-corrected chi connectivity index (χ2v) is 7.95. The van der Waals surface area contributed by atoms with Crippen LogP contribution in [0.5, 0.6) is 5.75 Å². The molecule has 29 heavy (non-hydrogen) atoms. The minimum Gasteiger partial charge on any atom is -0.493 e. The van der Waals surface area contributed by atoms with Crippen LogP contribution < -0.4 is 4.74 Å². The van der Waals surface area contributed by atoms with Crippen molar-refractivity contribution in [2.75, 3.05) is 13.2 Å². The Morgan fingerprint density at radius 1 is 1.21 bits per heavy atom. The highest BCUT2D eigenvalue weighted by Gasteiger charge is 2.32. The van der Waals surface area contributed by atoms with E-state index in [-0.39, 0.29) is 11.9 Å². The van der Waals surface area contributed by atoms with Gasteiger partial charge in [-0.15, -0.1) is 0 Å². The first-order chi connectivity index (χ1) is 14.0. The van der Waals surface area contributed by atoms with Crippen LogP contribution in [0.15, 0.2) is 42.5 Å². The van der Waals surface area contributed by atoms with Crippen molar-refractivity contribution in [1.82, 2.24) is 14.5 Å². The van der Waals surface area contributed by atoms with Gasteiger partial charge in [-0.2, -0.15) is 0 Å². The van der Waals surface area contributed by atoms with E-state index in [0.717, 1.165) is 60.5 Å². The molecule has 5 heteroatoms. The topological polar surface area (TPSA) is 47.4 Å². The Balaban J connectivity index is 1.53. The van der Waals surface area contributed by atoms with Crippen molar-refractivity contribution in [1.29, 1.82) is 0 Å². The van der Waals surface area contributed by atoms with Crippen LogP contribution in [0.3, 0.4) is 0 Å². The fourth-order valence-electron chi connectivity index (χ4n) is 4.26. The summed E-state index contributed by atoms with van der Waals surface area (Å²) in [4.78, 5) is 19.0. The Hall–Kier alpha value is -2.82. The molecule has 1 aromatic heterocycles. The molecular weight excluding hydrogens is 362 g/mol. The second kappa shape index (κ2) is 8.27. The molecule has 1 unspecified atom stereocenters. The number of carbonyl (C=O) groups is 1. The zero-order chi connectivity index (χ0) is 20.4. The van der Waals surface area contributed by atoms with Crippen molar-refractivity contribution in [2.24, 2.45) is 0 Å². The van der Waals surface area contributed by atoms with Crippen LogP contribution in [0, 0.1) is 13.8 Å². The Bertz CT molecular complexity index is 1020. The molecule has 5 nitrogen and oxygen atoms in total. The van der Waals surface area contributed by atoms with E-state index >= 15 is 0 Å². The summed E-state index contributed by atoms with van der Waals surface area (Å²) in [6.07, 6.45) is 2.89. The van der Waals surface area contributed by atoms with Crippen LogP contribution in [0.2, 0.25) is 0 Å². The summed E-state index contributed by atoms with van der Waals surface area (Å²) in [5, 5.41) is 0. The Kier molecular flexibility index (Phi) is 5.56. The van der Waals surface area contributed by atoms with Crippen LogP contribution in [-0.2, 0) is 11.3 Å². The fourth-order valence-corrected chi connectivity index (χ4v) is 4.26. The number of nitrogens with zero attached hydrogens (tertiary/aromatic N) is 3. The Morgan fingerprint density at radius 3 is 2.86 bits per heavy atom. The summed E-state index contributed by atoms with van der Waals surface area (Å²) in [6.45, 7) is 8.11. The minimum absolute atomic E-state index is 0.0693. The van der Waals surface area contributed by atoms with Gasteiger partial charge in [0.2, 0.25) is 5.91 Å². The summed E-state index contributed by atoms with van der Waals surface area (Å²) >= 11 is 0. The number of benzene rings is 2. The number of hydrogen-bond donors (Lipinski definition) is 0. The summed E-state index contributed by atoms with van der Waals surface area (Å²) in [7, 11) is 0. The van der Waals surface area contributed by atoms with E-state index in [4.69, 9.17) is 9.72 Å². The van der Waals surface area contributed by atoms with E-state index in [1.165, 1.54) is 5.56 Å². The first kappa shape index (κ1) is 19.5. The van der Waals surface area contributed by atoms with Crippen molar-refractivity contribution in [3.8, 4) is 5.75 Å². The average molecular weight is 392 g/mol. The van der Waals surface area contributed by atoms with Gasteiger partial charge in [0.15, 0.2) is 0 Å². The third-order valence-corrected chi connectivity index (χ3v) is 5.77. The number of para-hydroxylation sites is 2. The maximum atomic E-state index is 12.1. The minimum atomic E-state index is 0.0693. The first-order valence-electron chi connectivity index (χ1n) is 10.5. The highest BCUT2D eigenvalue weighted by atomic mass is 16.5. The van der Waals surface area contributed by atoms with Gasteiger partial charge in [0.25, 0.3) is 0 Å². The van der Waals surface area contributed by atoms with Crippen molar-refractivity contribution in [3.63, 3.8) is 0 Å². The van der Waals surface area contributed by atoms with Gasteiger partial charge in [-0.3, -0.25) is 4.79 Å². The number of aryl methyl sites for hydroxylation is 3. The molecule has 152 valence electrons. The number of fused-ring (bicyclic) bond motifs is 1. The summed E-state index contributed by atoms with van der Waals surface area (Å²) < 4.78 is 8.34. The zero-order valence-corrected chi connectivity index (χ0v) is 17.5. The largest absolute Gasteiger partial charge is 0.493 e. The molecule has 2 aromatic carbocycles. The van der Waals surface area contributed by atoms with Crippen LogP contribution in [0.1, 0.15) is 49.2 Å². The van der Waals surface area contributed by atoms with E-state index in [1.54, 1.807) is 6.92 Å². The Labute approximate surface area is 172 Å². The maximum Gasteiger partial charge on any atom is 0.220 e. The van der Waals surface area contributed by atoms with Gasteiger partial charge >= 0.3 is 0 Å². The van der Waals surface area contributed by atoms with Gasteiger partial charge in [-0.1, -0.05) is 24.3 Å². The van der Waals surface area contributed by atoms with E-state index in [1.807, 2.05) is 17.0 Å². The third-order valence-electron chi connectivity index (χ3n) is 5.77. The van der Waals surface area contributed by atoms with Crippen LogP contribution in [0.25, 0.3) is 11.0 Å². The number of carbonyl (C=O) groups excluding carboxylic acids is 1. The quantitative estimate of drug-likeness (QED) is 0.567. The molecule has 1 saturated heterocycles. The van der Waals surface area contributed by atoms with Crippen molar-refractivity contribution in [2.45, 2.75) is 52.6 Å². The summed E-state index contributed by atoms with van der Waals surface area (Å²) in [5.41, 5.74) is 4.49. The molecule has 1 amide bonds. The van der Waals surface area contributed by atoms with Gasteiger partial charge < -0.3 is 14.2 Å². The smallest absolute Gasteiger partial charge is 0.220 e. The molecule has 0 saturated carbocycles. The van der Waals surface area contributed by atoms with Crippen molar-refractivity contribution >= 4 is 16.9 Å². The molecule has 0 spiro atoms. The number of hydrogen-bond acceptors (Lipinski definition) is 3. The SMILES string of the molecule is CC(=O)N1CCCC1c1nc2ccccc2n1CCCOc1cc(C)ccc1C. The van der Waals surface area contributed by atoms with Crippen LogP contribution in [-0.4, -0.2) is 33.5 Å². The van der Waals surface area contributed by atoms with Gasteiger partial charge in [0, 0.05) is 20.0 Å². The molecule has 0 N–H and O–H groups in total. The lowest BCUT2D eigenvalue weighted by Gasteiger charge is -2.24. The lowest BCUT2D eigenvalue weighted by Crippen LogP contribution is -2.30. The van der Waals surface area contributed by atoms with Crippen molar-refractivity contribution < 1.29 is 9.53 Å². The Morgan fingerprint density at radius 2 is 2.03 bits per heavy atom. The van der Waals surface area contributed by atoms with Gasteiger partial charge in [0.1, 0.15) is 11.6 Å². The molecule has 3 aromatic rings. The van der Waals surface area contributed by atoms with Crippen LogP contribution >= 0.6 is 0 Å². The molecule has 1 aliphatic heterocycles. The molecule has 1 fully saturated rings. The predicted octanol–water partition coefficient (Wildman–Crippen LogP) is 4.81. The zero-order valence-electron chi connectivity index (χ0n) is 17.5. The normalized spacial score (nSPS) is 16.5. The molecule has 2 heterocycles.